The number of nitrogens with one attached hydrogen (secondary N) is 1. The molecule has 5 rings (SSSR count). The molecule has 2 fully saturated rings. The molecular formula is C24H27FN4O. The van der Waals surface area contributed by atoms with Crippen LogP contribution in [0.15, 0.2) is 47.0 Å². The van der Waals surface area contributed by atoms with Gasteiger partial charge in [-0.1, -0.05) is 0 Å². The summed E-state index contributed by atoms with van der Waals surface area (Å²) in [5, 5.41) is 3.43. The van der Waals surface area contributed by atoms with E-state index in [9.17, 15) is 4.39 Å². The zero-order valence-corrected chi connectivity index (χ0v) is 17.3. The quantitative estimate of drug-likeness (QED) is 0.612. The third kappa shape index (κ3) is 4.24. The highest BCUT2D eigenvalue weighted by Crippen LogP contribution is 2.38. The van der Waals surface area contributed by atoms with Crippen LogP contribution in [0.1, 0.15) is 37.5 Å². The number of likely N-dealkylation sites (tertiary alicyclic amines) is 1. The van der Waals surface area contributed by atoms with Crippen molar-refractivity contribution in [3.8, 4) is 22.6 Å². The third-order valence-electron chi connectivity index (χ3n) is 6.12. The molecule has 0 spiro atoms. The van der Waals surface area contributed by atoms with Gasteiger partial charge in [-0.05, 0) is 88.1 Å². The van der Waals surface area contributed by atoms with Gasteiger partial charge >= 0.3 is 0 Å². The van der Waals surface area contributed by atoms with Crippen LogP contribution in [0.4, 0.5) is 10.2 Å². The second-order valence-electron chi connectivity index (χ2n) is 8.57. The molecule has 3 heterocycles. The van der Waals surface area contributed by atoms with Crippen LogP contribution >= 0.6 is 0 Å². The number of rotatable bonds is 6. The summed E-state index contributed by atoms with van der Waals surface area (Å²) in [6, 6.07) is 10.4. The highest BCUT2D eigenvalue weighted by molar-refractivity contribution is 5.77. The van der Waals surface area contributed by atoms with Crippen molar-refractivity contribution >= 4 is 5.82 Å². The van der Waals surface area contributed by atoms with Gasteiger partial charge < -0.3 is 14.6 Å². The van der Waals surface area contributed by atoms with E-state index >= 15 is 0 Å². The number of hydrogen-bond acceptors (Lipinski definition) is 5. The minimum Gasteiger partial charge on any atom is -0.440 e. The van der Waals surface area contributed by atoms with E-state index in [4.69, 9.17) is 9.40 Å². The second kappa shape index (κ2) is 8.19. The number of benzene rings is 1. The number of pyridine rings is 1. The summed E-state index contributed by atoms with van der Waals surface area (Å²) in [6.45, 7) is 3.04. The Kier molecular flexibility index (Phi) is 5.25. The van der Waals surface area contributed by atoms with Crippen LogP contribution in [0.25, 0.3) is 22.6 Å². The van der Waals surface area contributed by atoms with Crippen molar-refractivity contribution in [2.24, 2.45) is 5.92 Å². The van der Waals surface area contributed by atoms with Gasteiger partial charge in [-0.25, -0.2) is 14.4 Å². The van der Waals surface area contributed by atoms with E-state index in [0.29, 0.717) is 5.92 Å². The normalized spacial score (nSPS) is 17.9. The minimum absolute atomic E-state index is 0.255. The highest BCUT2D eigenvalue weighted by atomic mass is 19.1. The largest absolute Gasteiger partial charge is 0.440 e. The van der Waals surface area contributed by atoms with Gasteiger partial charge in [-0.3, -0.25) is 0 Å². The van der Waals surface area contributed by atoms with E-state index in [1.54, 1.807) is 18.3 Å². The molecule has 1 saturated carbocycles. The Morgan fingerprint density at radius 2 is 1.83 bits per heavy atom. The fourth-order valence-corrected chi connectivity index (χ4v) is 4.01. The SMILES string of the molecule is CN1CCC(c2nc(-c3ccc(F)cc3)c(-c3ccnc(NCC4CC4)c3)o2)CC1. The molecule has 0 bridgehead atoms. The summed E-state index contributed by atoms with van der Waals surface area (Å²) in [7, 11) is 2.15. The van der Waals surface area contributed by atoms with Crippen molar-refractivity contribution in [1.29, 1.82) is 0 Å². The Morgan fingerprint density at radius 1 is 1.07 bits per heavy atom. The Hall–Kier alpha value is -2.73. The van der Waals surface area contributed by atoms with Crippen LogP contribution in [-0.4, -0.2) is 41.5 Å². The Bertz CT molecular complexity index is 1000. The Morgan fingerprint density at radius 3 is 2.57 bits per heavy atom. The van der Waals surface area contributed by atoms with Crippen LogP contribution in [-0.2, 0) is 0 Å². The maximum absolute atomic E-state index is 13.5. The van der Waals surface area contributed by atoms with E-state index in [0.717, 1.165) is 72.7 Å². The molecule has 3 aromatic rings. The lowest BCUT2D eigenvalue weighted by molar-refractivity contribution is 0.238. The molecule has 1 N–H and O–H groups in total. The predicted molar refractivity (Wildman–Crippen MR) is 116 cm³/mol. The molecule has 2 aromatic heterocycles. The minimum atomic E-state index is -0.255. The van der Waals surface area contributed by atoms with Gasteiger partial charge in [0, 0.05) is 29.8 Å². The topological polar surface area (TPSA) is 54.2 Å². The van der Waals surface area contributed by atoms with Gasteiger partial charge in [0.05, 0.1) is 0 Å². The molecule has 2 aliphatic rings. The number of nitrogens with zero attached hydrogens (tertiary/aromatic N) is 3. The average molecular weight is 407 g/mol. The van der Waals surface area contributed by atoms with Gasteiger partial charge in [-0.15, -0.1) is 0 Å². The van der Waals surface area contributed by atoms with Crippen LogP contribution in [0.5, 0.6) is 0 Å². The first-order valence-electron chi connectivity index (χ1n) is 10.8. The van der Waals surface area contributed by atoms with Crippen LogP contribution in [0.3, 0.4) is 0 Å². The number of piperidine rings is 1. The van der Waals surface area contributed by atoms with Gasteiger partial charge in [0.25, 0.3) is 0 Å². The molecule has 0 radical (unpaired) electrons. The molecule has 1 aliphatic carbocycles. The summed E-state index contributed by atoms with van der Waals surface area (Å²) < 4.78 is 19.9. The molecule has 0 amide bonds. The molecular weight excluding hydrogens is 379 g/mol. The second-order valence-corrected chi connectivity index (χ2v) is 8.57. The van der Waals surface area contributed by atoms with E-state index in [1.807, 2.05) is 12.1 Å². The molecule has 5 nitrogen and oxygen atoms in total. The molecule has 1 aliphatic heterocycles. The molecule has 0 atom stereocenters. The summed E-state index contributed by atoms with van der Waals surface area (Å²) >= 11 is 0. The number of aromatic nitrogens is 2. The number of anilines is 1. The number of oxazole rings is 1. The first kappa shape index (κ1) is 19.2. The smallest absolute Gasteiger partial charge is 0.198 e. The molecule has 1 saturated heterocycles. The van der Waals surface area contributed by atoms with E-state index in [-0.39, 0.29) is 5.82 Å². The van der Waals surface area contributed by atoms with Gasteiger partial charge in [0.1, 0.15) is 17.3 Å². The lowest BCUT2D eigenvalue weighted by atomic mass is 9.97. The fourth-order valence-electron chi connectivity index (χ4n) is 4.01. The summed E-state index contributed by atoms with van der Waals surface area (Å²) in [6.07, 6.45) is 6.46. The summed E-state index contributed by atoms with van der Waals surface area (Å²) in [5.74, 6) is 3.18. The van der Waals surface area contributed by atoms with E-state index in [1.165, 1.54) is 25.0 Å². The number of halogens is 1. The molecule has 30 heavy (non-hydrogen) atoms. The van der Waals surface area contributed by atoms with Gasteiger partial charge in [-0.2, -0.15) is 0 Å². The third-order valence-corrected chi connectivity index (χ3v) is 6.12. The lowest BCUT2D eigenvalue weighted by Gasteiger charge is -2.26. The average Bonchev–Trinajstić information content (AvgIpc) is 3.50. The molecule has 6 heteroatoms. The van der Waals surface area contributed by atoms with Gasteiger partial charge in [0.15, 0.2) is 11.7 Å². The predicted octanol–water partition coefficient (Wildman–Crippen LogP) is 5.17. The zero-order valence-electron chi connectivity index (χ0n) is 17.3. The maximum atomic E-state index is 13.5. The highest BCUT2D eigenvalue weighted by Gasteiger charge is 2.26. The maximum Gasteiger partial charge on any atom is 0.198 e. The van der Waals surface area contributed by atoms with Crippen LogP contribution < -0.4 is 5.32 Å². The van der Waals surface area contributed by atoms with Crippen molar-refractivity contribution in [1.82, 2.24) is 14.9 Å². The summed E-state index contributed by atoms with van der Waals surface area (Å²) in [5.41, 5.74) is 2.57. The monoisotopic (exact) mass is 406 g/mol. The van der Waals surface area contributed by atoms with Crippen LogP contribution in [0, 0.1) is 11.7 Å². The fraction of sp³-hybridized carbons (Fsp3) is 0.417. The van der Waals surface area contributed by atoms with E-state index < -0.39 is 0 Å². The molecule has 156 valence electrons. The standard InChI is InChI=1S/C24H27FN4O/c1-29-12-9-18(10-13-29)24-28-22(17-4-6-20(25)7-5-17)23(30-24)19-8-11-26-21(14-19)27-15-16-2-3-16/h4-8,11,14,16,18H,2-3,9-10,12-13,15H2,1H3,(H,26,27). The van der Waals surface area contributed by atoms with Crippen LogP contribution in [0.2, 0.25) is 0 Å². The molecule has 0 unspecified atom stereocenters. The Labute approximate surface area is 176 Å². The van der Waals surface area contributed by atoms with Crippen molar-refractivity contribution in [3.05, 3.63) is 54.3 Å². The lowest BCUT2D eigenvalue weighted by Crippen LogP contribution is -2.29. The van der Waals surface area contributed by atoms with E-state index in [2.05, 4.69) is 22.2 Å². The first-order valence-corrected chi connectivity index (χ1v) is 10.8. The van der Waals surface area contributed by atoms with Crippen molar-refractivity contribution in [3.63, 3.8) is 0 Å². The number of hydrogen-bond donors (Lipinski definition) is 1. The van der Waals surface area contributed by atoms with Gasteiger partial charge in [0.2, 0.25) is 0 Å². The first-order chi connectivity index (χ1) is 14.7. The zero-order chi connectivity index (χ0) is 20.5. The molecule has 1 aromatic carbocycles. The summed E-state index contributed by atoms with van der Waals surface area (Å²) in [4.78, 5) is 11.7. The van der Waals surface area contributed by atoms with Crippen molar-refractivity contribution < 1.29 is 8.81 Å². The van der Waals surface area contributed by atoms with Crippen molar-refractivity contribution in [2.45, 2.75) is 31.6 Å². The van der Waals surface area contributed by atoms with Crippen molar-refractivity contribution in [2.75, 3.05) is 32.0 Å². The Balaban J connectivity index is 1.50.